The average molecular weight is 294 g/mol. The molecule has 1 aromatic carbocycles. The van der Waals surface area contributed by atoms with Crippen LogP contribution in [0.4, 0.5) is 0 Å². The summed E-state index contributed by atoms with van der Waals surface area (Å²) in [5.41, 5.74) is 2.14. The van der Waals surface area contributed by atoms with Crippen LogP contribution in [0.5, 0.6) is 5.75 Å². The Balaban J connectivity index is 1.69. The molecule has 0 spiro atoms. The maximum Gasteiger partial charge on any atom is 0.127 e. The summed E-state index contributed by atoms with van der Waals surface area (Å²) in [5.74, 6) is 0.885. The van der Waals surface area contributed by atoms with Crippen molar-refractivity contribution in [1.82, 2.24) is 5.32 Å². The standard InChI is InChI=1S/C16H20ClNO2/c17-14-3-4-15-13(8-14)7-12(10-20-15)9-18-16(11-19)5-1-2-6-16/h3-4,7-8,18-19H,1-2,5-6,9-11H2. The molecule has 4 heteroatoms. The van der Waals surface area contributed by atoms with Gasteiger partial charge in [-0.2, -0.15) is 0 Å². The maximum atomic E-state index is 9.61. The van der Waals surface area contributed by atoms with Gasteiger partial charge in [-0.05, 0) is 42.7 Å². The Bertz CT molecular complexity index is 521. The highest BCUT2D eigenvalue weighted by atomic mass is 35.5. The number of benzene rings is 1. The van der Waals surface area contributed by atoms with Gasteiger partial charge < -0.3 is 15.2 Å². The Hall–Kier alpha value is -1.03. The van der Waals surface area contributed by atoms with Gasteiger partial charge in [-0.1, -0.05) is 24.4 Å². The number of hydrogen-bond donors (Lipinski definition) is 2. The zero-order valence-electron chi connectivity index (χ0n) is 11.5. The minimum atomic E-state index is -0.0878. The topological polar surface area (TPSA) is 41.5 Å². The van der Waals surface area contributed by atoms with Crippen LogP contribution in [0.25, 0.3) is 6.08 Å². The van der Waals surface area contributed by atoms with Gasteiger partial charge in [0, 0.05) is 22.7 Å². The van der Waals surface area contributed by atoms with Crippen LogP contribution in [-0.2, 0) is 0 Å². The van der Waals surface area contributed by atoms with E-state index < -0.39 is 0 Å². The van der Waals surface area contributed by atoms with Gasteiger partial charge in [0.2, 0.25) is 0 Å². The molecule has 3 rings (SSSR count). The molecule has 1 aliphatic carbocycles. The molecule has 0 radical (unpaired) electrons. The summed E-state index contributed by atoms with van der Waals surface area (Å²) in [7, 11) is 0. The van der Waals surface area contributed by atoms with Crippen molar-refractivity contribution in [3.63, 3.8) is 0 Å². The van der Waals surface area contributed by atoms with E-state index in [0.29, 0.717) is 6.61 Å². The lowest BCUT2D eigenvalue weighted by atomic mass is 9.98. The van der Waals surface area contributed by atoms with Crippen molar-refractivity contribution < 1.29 is 9.84 Å². The predicted octanol–water partition coefficient (Wildman–Crippen LogP) is 3.01. The molecular weight excluding hydrogens is 274 g/mol. The summed E-state index contributed by atoms with van der Waals surface area (Å²) in [6.45, 7) is 1.57. The van der Waals surface area contributed by atoms with E-state index >= 15 is 0 Å². The van der Waals surface area contributed by atoms with E-state index in [1.54, 1.807) is 0 Å². The van der Waals surface area contributed by atoms with Crippen molar-refractivity contribution in [1.29, 1.82) is 0 Å². The molecule has 2 aliphatic rings. The van der Waals surface area contributed by atoms with Crippen LogP contribution in [0.15, 0.2) is 23.8 Å². The number of hydrogen-bond acceptors (Lipinski definition) is 3. The van der Waals surface area contributed by atoms with Gasteiger partial charge >= 0.3 is 0 Å². The van der Waals surface area contributed by atoms with Crippen molar-refractivity contribution in [2.75, 3.05) is 19.8 Å². The third-order valence-corrected chi connectivity index (χ3v) is 4.53. The van der Waals surface area contributed by atoms with Crippen molar-refractivity contribution in [2.45, 2.75) is 31.2 Å². The average Bonchev–Trinajstić information content (AvgIpc) is 2.94. The molecule has 1 heterocycles. The Morgan fingerprint density at radius 3 is 2.85 bits per heavy atom. The van der Waals surface area contributed by atoms with Crippen molar-refractivity contribution in [3.05, 3.63) is 34.4 Å². The molecule has 0 saturated heterocycles. The first kappa shape index (κ1) is 13.9. The predicted molar refractivity (Wildman–Crippen MR) is 81.2 cm³/mol. The van der Waals surface area contributed by atoms with Crippen LogP contribution in [-0.4, -0.2) is 30.4 Å². The Labute approximate surface area is 124 Å². The second kappa shape index (κ2) is 5.76. The summed E-state index contributed by atoms with van der Waals surface area (Å²) in [6, 6.07) is 5.68. The van der Waals surface area contributed by atoms with E-state index in [0.717, 1.165) is 35.7 Å². The number of fused-ring (bicyclic) bond motifs is 1. The molecule has 20 heavy (non-hydrogen) atoms. The zero-order chi connectivity index (χ0) is 14.0. The maximum absolute atomic E-state index is 9.61. The lowest BCUT2D eigenvalue weighted by Crippen LogP contribution is -2.47. The number of nitrogens with one attached hydrogen (secondary N) is 1. The van der Waals surface area contributed by atoms with Gasteiger partial charge in [0.1, 0.15) is 12.4 Å². The third-order valence-electron chi connectivity index (χ3n) is 4.30. The lowest BCUT2D eigenvalue weighted by Gasteiger charge is -2.29. The number of aliphatic hydroxyl groups excluding tert-OH is 1. The van der Waals surface area contributed by atoms with Gasteiger partial charge in [0.05, 0.1) is 6.61 Å². The van der Waals surface area contributed by atoms with Crippen LogP contribution in [0, 0.1) is 0 Å². The summed E-state index contributed by atoms with van der Waals surface area (Å²) in [4.78, 5) is 0. The second-order valence-electron chi connectivity index (χ2n) is 5.77. The van der Waals surface area contributed by atoms with E-state index in [9.17, 15) is 5.11 Å². The fourth-order valence-electron chi connectivity index (χ4n) is 3.04. The van der Waals surface area contributed by atoms with Crippen molar-refractivity contribution in [2.24, 2.45) is 0 Å². The van der Waals surface area contributed by atoms with Gasteiger partial charge in [-0.3, -0.25) is 0 Å². The van der Waals surface area contributed by atoms with E-state index in [1.165, 1.54) is 18.4 Å². The quantitative estimate of drug-likeness (QED) is 0.897. The van der Waals surface area contributed by atoms with E-state index in [4.69, 9.17) is 16.3 Å². The normalized spacial score (nSPS) is 20.2. The van der Waals surface area contributed by atoms with Crippen LogP contribution in [0.1, 0.15) is 31.2 Å². The fourth-order valence-corrected chi connectivity index (χ4v) is 3.22. The molecule has 108 valence electrons. The molecule has 3 nitrogen and oxygen atoms in total. The molecule has 0 aromatic heterocycles. The zero-order valence-corrected chi connectivity index (χ0v) is 12.2. The van der Waals surface area contributed by atoms with Gasteiger partial charge in [-0.25, -0.2) is 0 Å². The van der Waals surface area contributed by atoms with Crippen LogP contribution in [0.3, 0.4) is 0 Å². The summed E-state index contributed by atoms with van der Waals surface area (Å²) >= 11 is 6.02. The second-order valence-corrected chi connectivity index (χ2v) is 6.21. The number of rotatable bonds is 4. The fraction of sp³-hybridized carbons (Fsp3) is 0.500. The van der Waals surface area contributed by atoms with Crippen LogP contribution >= 0.6 is 11.6 Å². The van der Waals surface area contributed by atoms with Crippen molar-refractivity contribution >= 4 is 17.7 Å². The highest BCUT2D eigenvalue weighted by Crippen LogP contribution is 2.31. The van der Waals surface area contributed by atoms with E-state index in [-0.39, 0.29) is 12.1 Å². The summed E-state index contributed by atoms with van der Waals surface area (Å²) < 4.78 is 5.74. The highest BCUT2D eigenvalue weighted by molar-refractivity contribution is 6.30. The monoisotopic (exact) mass is 293 g/mol. The summed E-state index contributed by atoms with van der Waals surface area (Å²) in [5, 5.41) is 13.9. The smallest absolute Gasteiger partial charge is 0.127 e. The summed E-state index contributed by atoms with van der Waals surface area (Å²) in [6.07, 6.45) is 6.64. The van der Waals surface area contributed by atoms with Crippen LogP contribution in [0.2, 0.25) is 5.02 Å². The van der Waals surface area contributed by atoms with Gasteiger partial charge in [0.25, 0.3) is 0 Å². The Morgan fingerprint density at radius 1 is 1.30 bits per heavy atom. The number of ether oxygens (including phenoxy) is 1. The molecule has 0 bridgehead atoms. The largest absolute Gasteiger partial charge is 0.489 e. The van der Waals surface area contributed by atoms with E-state index in [2.05, 4.69) is 11.4 Å². The van der Waals surface area contributed by atoms with Crippen LogP contribution < -0.4 is 10.1 Å². The molecule has 1 saturated carbocycles. The first-order chi connectivity index (χ1) is 9.71. The third kappa shape index (κ3) is 2.85. The van der Waals surface area contributed by atoms with Gasteiger partial charge in [0.15, 0.2) is 0 Å². The highest BCUT2D eigenvalue weighted by Gasteiger charge is 2.32. The Kier molecular flexibility index (Phi) is 4.01. The first-order valence-corrected chi connectivity index (χ1v) is 7.56. The SMILES string of the molecule is OCC1(NCC2=Cc3cc(Cl)ccc3OC2)CCCC1. The molecule has 1 aromatic rings. The molecule has 1 fully saturated rings. The molecule has 0 amide bonds. The molecule has 1 aliphatic heterocycles. The molecule has 2 N–H and O–H groups in total. The Morgan fingerprint density at radius 2 is 2.10 bits per heavy atom. The minimum Gasteiger partial charge on any atom is -0.489 e. The van der Waals surface area contributed by atoms with Gasteiger partial charge in [-0.15, -0.1) is 0 Å². The minimum absolute atomic E-state index is 0.0878. The molecular formula is C16H20ClNO2. The molecule has 0 unspecified atom stereocenters. The van der Waals surface area contributed by atoms with Crippen molar-refractivity contribution in [3.8, 4) is 5.75 Å². The molecule has 0 atom stereocenters. The number of aliphatic hydroxyl groups is 1. The number of halogens is 1. The van der Waals surface area contributed by atoms with E-state index in [1.807, 2.05) is 18.2 Å². The first-order valence-electron chi connectivity index (χ1n) is 7.18. The lowest BCUT2D eigenvalue weighted by molar-refractivity contribution is 0.166.